The fraction of sp³-hybridized carbons (Fsp3) is 0.898. The standard InChI is InChI=1S/C49H92O6/c1-4-7-10-13-16-18-20-22-24-25-27-28-30-33-36-39-42-48(51)54-45-46(44-53-47(50)41-38-35-32-15-12-9-6-3)55-49(52)43-40-37-34-31-29-26-23-21-19-17-14-11-8-5-2/h24-25,46H,4-23,26-45H2,1-3H3/b25-24-. The number of hydrogen-bond acceptors (Lipinski definition) is 6. The van der Waals surface area contributed by atoms with E-state index in [0.29, 0.717) is 19.3 Å². The van der Waals surface area contributed by atoms with Gasteiger partial charge >= 0.3 is 17.9 Å². The van der Waals surface area contributed by atoms with Gasteiger partial charge in [-0.15, -0.1) is 0 Å². The summed E-state index contributed by atoms with van der Waals surface area (Å²) in [4.78, 5) is 37.7. The van der Waals surface area contributed by atoms with Gasteiger partial charge in [0.1, 0.15) is 13.2 Å². The van der Waals surface area contributed by atoms with Crippen LogP contribution < -0.4 is 0 Å². The summed E-state index contributed by atoms with van der Waals surface area (Å²) in [5.41, 5.74) is 0. The Morgan fingerprint density at radius 2 is 0.600 bits per heavy atom. The third kappa shape index (κ3) is 43.1. The zero-order valence-electron chi connectivity index (χ0n) is 37.0. The van der Waals surface area contributed by atoms with E-state index < -0.39 is 6.10 Å². The highest BCUT2D eigenvalue weighted by Gasteiger charge is 2.19. The summed E-state index contributed by atoms with van der Waals surface area (Å²) in [5, 5.41) is 0. The quantitative estimate of drug-likeness (QED) is 0.0265. The molecule has 6 heteroatoms. The predicted molar refractivity (Wildman–Crippen MR) is 233 cm³/mol. The van der Waals surface area contributed by atoms with E-state index in [9.17, 15) is 14.4 Å². The number of carbonyl (C=O) groups is 3. The van der Waals surface area contributed by atoms with E-state index in [1.807, 2.05) is 0 Å². The summed E-state index contributed by atoms with van der Waals surface area (Å²) in [6.45, 7) is 6.61. The molecule has 0 aliphatic heterocycles. The maximum Gasteiger partial charge on any atom is 0.306 e. The van der Waals surface area contributed by atoms with E-state index in [1.54, 1.807) is 0 Å². The molecule has 0 rings (SSSR count). The van der Waals surface area contributed by atoms with Crippen LogP contribution in [0.5, 0.6) is 0 Å². The predicted octanol–water partition coefficient (Wildman–Crippen LogP) is 15.4. The maximum atomic E-state index is 12.7. The number of esters is 3. The van der Waals surface area contributed by atoms with Crippen LogP contribution in [0.3, 0.4) is 0 Å². The van der Waals surface area contributed by atoms with Gasteiger partial charge in [0.2, 0.25) is 0 Å². The van der Waals surface area contributed by atoms with Gasteiger partial charge in [0, 0.05) is 19.3 Å². The second kappa shape index (κ2) is 44.9. The Bertz CT molecular complexity index is 854. The molecule has 0 radical (unpaired) electrons. The van der Waals surface area contributed by atoms with Gasteiger partial charge in [0.05, 0.1) is 0 Å². The van der Waals surface area contributed by atoms with Crippen molar-refractivity contribution < 1.29 is 28.6 Å². The van der Waals surface area contributed by atoms with Gasteiger partial charge in [0.15, 0.2) is 6.10 Å². The van der Waals surface area contributed by atoms with Crippen molar-refractivity contribution in [3.05, 3.63) is 12.2 Å². The van der Waals surface area contributed by atoms with Crippen LogP contribution in [0.15, 0.2) is 12.2 Å². The summed E-state index contributed by atoms with van der Waals surface area (Å²) < 4.78 is 16.7. The second-order valence-electron chi connectivity index (χ2n) is 16.4. The smallest absolute Gasteiger partial charge is 0.306 e. The number of rotatable bonds is 44. The van der Waals surface area contributed by atoms with Gasteiger partial charge in [-0.3, -0.25) is 14.4 Å². The van der Waals surface area contributed by atoms with Crippen molar-refractivity contribution in [1.82, 2.24) is 0 Å². The van der Waals surface area contributed by atoms with Crippen molar-refractivity contribution in [2.45, 2.75) is 271 Å². The number of hydrogen-bond donors (Lipinski definition) is 0. The first kappa shape index (κ1) is 53.1. The zero-order chi connectivity index (χ0) is 40.1. The molecule has 0 aliphatic carbocycles. The normalized spacial score (nSPS) is 12.0. The fourth-order valence-electron chi connectivity index (χ4n) is 7.08. The molecule has 0 bridgehead atoms. The van der Waals surface area contributed by atoms with Crippen LogP contribution >= 0.6 is 0 Å². The molecular formula is C49H92O6. The van der Waals surface area contributed by atoms with Gasteiger partial charge in [-0.25, -0.2) is 0 Å². The Morgan fingerprint density at radius 3 is 0.909 bits per heavy atom. The van der Waals surface area contributed by atoms with E-state index in [4.69, 9.17) is 14.2 Å². The molecule has 1 atom stereocenters. The molecule has 0 fully saturated rings. The van der Waals surface area contributed by atoms with Crippen LogP contribution in [0.1, 0.15) is 265 Å². The molecule has 0 aliphatic rings. The Labute approximate surface area is 341 Å². The topological polar surface area (TPSA) is 78.9 Å². The molecule has 0 aromatic heterocycles. The highest BCUT2D eigenvalue weighted by molar-refractivity contribution is 5.71. The Morgan fingerprint density at radius 1 is 0.345 bits per heavy atom. The molecule has 0 aromatic rings. The minimum absolute atomic E-state index is 0.0689. The van der Waals surface area contributed by atoms with Gasteiger partial charge in [-0.1, -0.05) is 213 Å². The first-order chi connectivity index (χ1) is 27.0. The molecule has 6 nitrogen and oxygen atoms in total. The molecule has 0 amide bonds. The molecule has 0 heterocycles. The van der Waals surface area contributed by atoms with Gasteiger partial charge < -0.3 is 14.2 Å². The maximum absolute atomic E-state index is 12.7. The Balaban J connectivity index is 4.26. The molecule has 0 aromatic carbocycles. The minimum atomic E-state index is -0.764. The van der Waals surface area contributed by atoms with Crippen LogP contribution in [-0.4, -0.2) is 37.2 Å². The Kier molecular flexibility index (Phi) is 43.4. The lowest BCUT2D eigenvalue weighted by atomic mass is 10.0. The first-order valence-corrected chi connectivity index (χ1v) is 24.2. The van der Waals surface area contributed by atoms with E-state index in [0.717, 1.165) is 64.2 Å². The van der Waals surface area contributed by atoms with Crippen molar-refractivity contribution in [3.63, 3.8) is 0 Å². The van der Waals surface area contributed by atoms with Crippen LogP contribution in [-0.2, 0) is 28.6 Å². The molecule has 0 saturated heterocycles. The lowest BCUT2D eigenvalue weighted by Gasteiger charge is -2.18. The van der Waals surface area contributed by atoms with Crippen molar-refractivity contribution in [3.8, 4) is 0 Å². The van der Waals surface area contributed by atoms with E-state index in [-0.39, 0.29) is 31.1 Å². The lowest BCUT2D eigenvalue weighted by molar-refractivity contribution is -0.167. The SMILES string of the molecule is CCCCCCCCC/C=C\CCCCCCCC(=O)OCC(COC(=O)CCCCCCCCC)OC(=O)CCCCCCCCCCCCCCCC. The Hall–Kier alpha value is -1.85. The van der Waals surface area contributed by atoms with Crippen molar-refractivity contribution in [1.29, 1.82) is 0 Å². The fourth-order valence-corrected chi connectivity index (χ4v) is 7.08. The molecule has 0 saturated carbocycles. The van der Waals surface area contributed by atoms with Gasteiger partial charge in [0.25, 0.3) is 0 Å². The van der Waals surface area contributed by atoms with Crippen molar-refractivity contribution in [2.24, 2.45) is 0 Å². The average molecular weight is 777 g/mol. The molecule has 0 N–H and O–H groups in total. The summed E-state index contributed by atoms with van der Waals surface area (Å²) in [7, 11) is 0. The van der Waals surface area contributed by atoms with Gasteiger partial charge in [-0.2, -0.15) is 0 Å². The van der Waals surface area contributed by atoms with Crippen molar-refractivity contribution in [2.75, 3.05) is 13.2 Å². The van der Waals surface area contributed by atoms with Crippen LogP contribution in [0.2, 0.25) is 0 Å². The minimum Gasteiger partial charge on any atom is -0.462 e. The summed E-state index contributed by atoms with van der Waals surface area (Å²) in [5.74, 6) is -0.872. The molecule has 1 unspecified atom stereocenters. The number of ether oxygens (including phenoxy) is 3. The van der Waals surface area contributed by atoms with Crippen LogP contribution in [0, 0.1) is 0 Å². The summed E-state index contributed by atoms with van der Waals surface area (Å²) in [6.07, 6.45) is 47.7. The molecule has 55 heavy (non-hydrogen) atoms. The zero-order valence-corrected chi connectivity index (χ0v) is 37.0. The molecule has 0 spiro atoms. The number of unbranched alkanes of at least 4 members (excludes halogenated alkanes) is 31. The largest absolute Gasteiger partial charge is 0.462 e. The summed E-state index contributed by atoms with van der Waals surface area (Å²) >= 11 is 0. The third-order valence-electron chi connectivity index (χ3n) is 10.8. The highest BCUT2D eigenvalue weighted by Crippen LogP contribution is 2.15. The number of allylic oxidation sites excluding steroid dienone is 2. The average Bonchev–Trinajstić information content (AvgIpc) is 3.18. The van der Waals surface area contributed by atoms with Gasteiger partial charge in [-0.05, 0) is 44.9 Å². The monoisotopic (exact) mass is 777 g/mol. The second-order valence-corrected chi connectivity index (χ2v) is 16.4. The lowest BCUT2D eigenvalue weighted by Crippen LogP contribution is -2.30. The molecule has 324 valence electrons. The van der Waals surface area contributed by atoms with Crippen LogP contribution in [0.25, 0.3) is 0 Å². The van der Waals surface area contributed by atoms with E-state index >= 15 is 0 Å². The van der Waals surface area contributed by atoms with Crippen LogP contribution in [0.4, 0.5) is 0 Å². The first-order valence-electron chi connectivity index (χ1n) is 24.2. The van der Waals surface area contributed by atoms with Crippen molar-refractivity contribution >= 4 is 17.9 Å². The third-order valence-corrected chi connectivity index (χ3v) is 10.8. The van der Waals surface area contributed by atoms with E-state index in [1.165, 1.54) is 161 Å². The highest BCUT2D eigenvalue weighted by atomic mass is 16.6. The number of carbonyl (C=O) groups excluding carboxylic acids is 3. The van der Waals surface area contributed by atoms with E-state index in [2.05, 4.69) is 32.9 Å². The summed E-state index contributed by atoms with van der Waals surface area (Å²) in [6, 6.07) is 0. The molecular weight excluding hydrogens is 685 g/mol.